The first kappa shape index (κ1) is 21.5. The summed E-state index contributed by atoms with van der Waals surface area (Å²) in [7, 11) is 0. The molecule has 0 aliphatic carbocycles. The summed E-state index contributed by atoms with van der Waals surface area (Å²) in [5.74, 6) is 0.581. The van der Waals surface area contributed by atoms with E-state index in [-0.39, 0.29) is 23.5 Å². The highest BCUT2D eigenvalue weighted by Gasteiger charge is 2.30. The van der Waals surface area contributed by atoms with Crippen LogP contribution in [0.15, 0.2) is 48.5 Å². The fourth-order valence-electron chi connectivity index (χ4n) is 2.99. The summed E-state index contributed by atoms with van der Waals surface area (Å²) in [6.45, 7) is 1.59. The molecule has 1 aliphatic heterocycles. The molecule has 11 heteroatoms. The molecule has 0 bridgehead atoms. The van der Waals surface area contributed by atoms with Crippen LogP contribution in [-0.4, -0.2) is 34.6 Å². The van der Waals surface area contributed by atoms with Crippen molar-refractivity contribution in [2.45, 2.75) is 12.3 Å². The van der Waals surface area contributed by atoms with E-state index in [1.54, 1.807) is 18.2 Å². The summed E-state index contributed by atoms with van der Waals surface area (Å²) in [5, 5.41) is 15.0. The zero-order valence-corrected chi connectivity index (χ0v) is 16.6. The van der Waals surface area contributed by atoms with Crippen molar-refractivity contribution in [3.63, 3.8) is 0 Å². The van der Waals surface area contributed by atoms with E-state index >= 15 is 0 Å². The summed E-state index contributed by atoms with van der Waals surface area (Å²) in [5.41, 5.74) is -0.266. The zero-order valence-electron chi connectivity index (χ0n) is 16.6. The molecule has 1 aliphatic rings. The third-order valence-electron chi connectivity index (χ3n) is 4.47. The Morgan fingerprint density at radius 3 is 2.72 bits per heavy atom. The van der Waals surface area contributed by atoms with Gasteiger partial charge < -0.3 is 20.1 Å². The van der Waals surface area contributed by atoms with Crippen molar-refractivity contribution in [2.24, 2.45) is 0 Å². The molecule has 1 aromatic heterocycles. The molecular formula is C21H17F3N6O2. The van der Waals surface area contributed by atoms with Crippen LogP contribution in [0.5, 0.6) is 11.8 Å². The lowest BCUT2D eigenvalue weighted by molar-refractivity contribution is -0.137. The van der Waals surface area contributed by atoms with E-state index < -0.39 is 17.8 Å². The second-order valence-electron chi connectivity index (χ2n) is 6.81. The number of aromatic nitrogens is 3. The highest BCUT2D eigenvalue weighted by molar-refractivity contribution is 5.55. The molecule has 0 amide bonds. The molecule has 8 nitrogen and oxygen atoms in total. The van der Waals surface area contributed by atoms with Gasteiger partial charge in [0.05, 0.1) is 23.8 Å². The summed E-state index contributed by atoms with van der Waals surface area (Å²) in [4.78, 5) is 12.8. The monoisotopic (exact) mass is 442 g/mol. The lowest BCUT2D eigenvalue weighted by atomic mass is 10.2. The largest absolute Gasteiger partial charge is 0.424 e. The third-order valence-corrected chi connectivity index (χ3v) is 4.47. The third kappa shape index (κ3) is 5.29. The van der Waals surface area contributed by atoms with Gasteiger partial charge in [0.1, 0.15) is 11.9 Å². The minimum absolute atomic E-state index is 0.00469. The normalized spacial score (nSPS) is 16.2. The molecule has 1 fully saturated rings. The Morgan fingerprint density at radius 2 is 1.97 bits per heavy atom. The van der Waals surface area contributed by atoms with Crippen LogP contribution in [0.2, 0.25) is 0 Å². The summed E-state index contributed by atoms with van der Waals surface area (Å²) >= 11 is 0. The van der Waals surface area contributed by atoms with Gasteiger partial charge in [0.15, 0.2) is 5.82 Å². The van der Waals surface area contributed by atoms with Gasteiger partial charge in [0.25, 0.3) is 0 Å². The van der Waals surface area contributed by atoms with Crippen LogP contribution >= 0.6 is 0 Å². The highest BCUT2D eigenvalue weighted by Crippen LogP contribution is 2.31. The van der Waals surface area contributed by atoms with Crippen LogP contribution in [0.4, 0.5) is 24.8 Å². The van der Waals surface area contributed by atoms with Crippen molar-refractivity contribution in [1.82, 2.24) is 20.3 Å². The lowest BCUT2D eigenvalue weighted by Gasteiger charge is -2.22. The second-order valence-corrected chi connectivity index (χ2v) is 6.81. The van der Waals surface area contributed by atoms with Gasteiger partial charge in [0.2, 0.25) is 5.95 Å². The van der Waals surface area contributed by atoms with Crippen molar-refractivity contribution >= 4 is 11.6 Å². The van der Waals surface area contributed by atoms with Crippen molar-refractivity contribution in [3.05, 3.63) is 65.5 Å². The quantitative estimate of drug-likeness (QED) is 0.612. The maximum absolute atomic E-state index is 13.0. The molecule has 3 aromatic rings. The summed E-state index contributed by atoms with van der Waals surface area (Å²) < 4.78 is 50.5. The molecule has 2 aromatic carbocycles. The Balaban J connectivity index is 1.66. The number of nitrogens with one attached hydrogen (secondary N) is 2. The number of hydrogen-bond donors (Lipinski definition) is 2. The SMILES string of the molecule is N#Cc1cccc(Oc2nc(Nc3cccc(C(F)(F)F)c3)nc(C3CNCCO3)n2)c1. The van der Waals surface area contributed by atoms with Crippen LogP contribution in [-0.2, 0) is 10.9 Å². The number of benzene rings is 2. The minimum atomic E-state index is -4.48. The van der Waals surface area contributed by atoms with E-state index in [1.165, 1.54) is 18.2 Å². The molecular weight excluding hydrogens is 425 g/mol. The fourth-order valence-corrected chi connectivity index (χ4v) is 2.99. The summed E-state index contributed by atoms with van der Waals surface area (Å²) in [6.07, 6.45) is -4.97. The van der Waals surface area contributed by atoms with Crippen molar-refractivity contribution < 1.29 is 22.6 Å². The van der Waals surface area contributed by atoms with Gasteiger partial charge in [-0.05, 0) is 36.4 Å². The first-order chi connectivity index (χ1) is 15.4. The fraction of sp³-hybridized carbons (Fsp3) is 0.238. The number of morpholine rings is 1. The van der Waals surface area contributed by atoms with E-state index in [0.717, 1.165) is 12.1 Å². The van der Waals surface area contributed by atoms with Crippen LogP contribution in [0, 0.1) is 11.3 Å². The maximum Gasteiger partial charge on any atom is 0.416 e. The van der Waals surface area contributed by atoms with E-state index in [2.05, 4.69) is 25.6 Å². The van der Waals surface area contributed by atoms with Gasteiger partial charge in [-0.1, -0.05) is 12.1 Å². The van der Waals surface area contributed by atoms with Crippen LogP contribution in [0.3, 0.4) is 0 Å². The number of ether oxygens (including phenoxy) is 2. The number of nitriles is 1. The van der Waals surface area contributed by atoms with E-state index in [0.29, 0.717) is 31.0 Å². The second kappa shape index (κ2) is 9.17. The van der Waals surface area contributed by atoms with Crippen LogP contribution < -0.4 is 15.4 Å². The van der Waals surface area contributed by atoms with Gasteiger partial charge in [-0.3, -0.25) is 0 Å². The molecule has 4 rings (SSSR count). The number of anilines is 2. The average molecular weight is 442 g/mol. The Kier molecular flexibility index (Phi) is 6.16. The number of hydrogen-bond acceptors (Lipinski definition) is 8. The van der Waals surface area contributed by atoms with Crippen molar-refractivity contribution in [1.29, 1.82) is 5.26 Å². The average Bonchev–Trinajstić information content (AvgIpc) is 2.79. The van der Waals surface area contributed by atoms with E-state index in [4.69, 9.17) is 14.7 Å². The van der Waals surface area contributed by atoms with Gasteiger partial charge >= 0.3 is 12.2 Å². The minimum Gasteiger partial charge on any atom is -0.424 e. The van der Waals surface area contributed by atoms with Crippen molar-refractivity contribution in [2.75, 3.05) is 25.0 Å². The maximum atomic E-state index is 13.0. The van der Waals surface area contributed by atoms with E-state index in [9.17, 15) is 13.2 Å². The van der Waals surface area contributed by atoms with Crippen LogP contribution in [0.1, 0.15) is 23.1 Å². The predicted octanol–water partition coefficient (Wildman–Crippen LogP) is 3.96. The molecule has 2 N–H and O–H groups in total. The zero-order chi connectivity index (χ0) is 22.6. The number of alkyl halides is 3. The predicted molar refractivity (Wildman–Crippen MR) is 107 cm³/mol. The molecule has 2 heterocycles. The Morgan fingerprint density at radius 1 is 1.12 bits per heavy atom. The topological polar surface area (TPSA) is 105 Å². The van der Waals surface area contributed by atoms with E-state index in [1.807, 2.05) is 6.07 Å². The molecule has 164 valence electrons. The first-order valence-electron chi connectivity index (χ1n) is 9.61. The van der Waals surface area contributed by atoms with Gasteiger partial charge in [-0.2, -0.15) is 33.4 Å². The van der Waals surface area contributed by atoms with Gasteiger partial charge in [-0.25, -0.2) is 0 Å². The Labute approximate surface area is 181 Å². The first-order valence-corrected chi connectivity index (χ1v) is 9.61. The molecule has 1 atom stereocenters. The number of rotatable bonds is 5. The molecule has 0 radical (unpaired) electrons. The molecule has 0 spiro atoms. The number of halogens is 3. The molecule has 0 saturated carbocycles. The highest BCUT2D eigenvalue weighted by atomic mass is 19.4. The molecule has 1 saturated heterocycles. The van der Waals surface area contributed by atoms with Gasteiger partial charge in [0, 0.05) is 18.8 Å². The Hall–Kier alpha value is -3.75. The summed E-state index contributed by atoms with van der Waals surface area (Å²) in [6, 6.07) is 13.0. The number of nitrogens with zero attached hydrogens (tertiary/aromatic N) is 4. The van der Waals surface area contributed by atoms with Crippen LogP contribution in [0.25, 0.3) is 0 Å². The Bertz CT molecular complexity index is 1140. The van der Waals surface area contributed by atoms with Gasteiger partial charge in [-0.15, -0.1) is 0 Å². The standard InChI is InChI=1S/C21H17F3N6O2/c22-21(23,24)14-4-2-5-15(10-14)27-19-28-18(17-12-26-7-8-31-17)29-20(30-19)32-16-6-1-3-13(9-16)11-25/h1-6,9-10,17,26H,7-8,12H2,(H,27,28,29,30). The smallest absolute Gasteiger partial charge is 0.416 e. The lowest BCUT2D eigenvalue weighted by Crippen LogP contribution is -2.34. The van der Waals surface area contributed by atoms with Crippen molar-refractivity contribution in [3.8, 4) is 17.8 Å². The molecule has 1 unspecified atom stereocenters. The molecule has 32 heavy (non-hydrogen) atoms.